The van der Waals surface area contributed by atoms with E-state index in [9.17, 15) is 18.0 Å². The molecule has 0 aliphatic carbocycles. The summed E-state index contributed by atoms with van der Waals surface area (Å²) < 4.78 is 21.4. The summed E-state index contributed by atoms with van der Waals surface area (Å²) in [5, 5.41) is 10.7. The van der Waals surface area contributed by atoms with E-state index in [1.165, 1.54) is 6.08 Å². The van der Waals surface area contributed by atoms with Gasteiger partial charge in [-0.25, -0.2) is 13.2 Å². The molecular formula is C8H13NO5S. The number of carboxylic acids is 1. The first-order chi connectivity index (χ1) is 6.76. The fraction of sp³-hybridized carbons (Fsp3) is 0.500. The molecule has 7 heteroatoms. The SMILES string of the molecule is C=CCC(NC(=O)CS(C)(=O)=O)C(=O)O. The molecule has 1 unspecified atom stereocenters. The quantitative estimate of drug-likeness (QED) is 0.586. The Bertz CT molecular complexity index is 359. The van der Waals surface area contributed by atoms with E-state index in [4.69, 9.17) is 5.11 Å². The van der Waals surface area contributed by atoms with E-state index in [0.29, 0.717) is 0 Å². The van der Waals surface area contributed by atoms with Gasteiger partial charge in [0.15, 0.2) is 9.84 Å². The Labute approximate surface area is 87.9 Å². The molecule has 15 heavy (non-hydrogen) atoms. The van der Waals surface area contributed by atoms with Gasteiger partial charge in [0.1, 0.15) is 11.8 Å². The highest BCUT2D eigenvalue weighted by Gasteiger charge is 2.20. The maximum absolute atomic E-state index is 11.1. The average molecular weight is 235 g/mol. The third-order valence-corrected chi connectivity index (χ3v) is 2.22. The zero-order valence-corrected chi connectivity index (χ0v) is 9.08. The van der Waals surface area contributed by atoms with Gasteiger partial charge in [0.25, 0.3) is 0 Å². The van der Waals surface area contributed by atoms with Gasteiger partial charge >= 0.3 is 5.97 Å². The van der Waals surface area contributed by atoms with Crippen molar-refractivity contribution in [2.24, 2.45) is 0 Å². The normalized spacial score (nSPS) is 12.9. The summed E-state index contributed by atoms with van der Waals surface area (Å²) in [5.74, 6) is -2.77. The molecule has 0 saturated carbocycles. The molecule has 0 aromatic carbocycles. The number of carboxylic acid groups (broad SMARTS) is 1. The monoisotopic (exact) mass is 235 g/mol. The van der Waals surface area contributed by atoms with Crippen LogP contribution in [0.15, 0.2) is 12.7 Å². The second-order valence-electron chi connectivity index (χ2n) is 3.05. The molecule has 0 aromatic heterocycles. The van der Waals surface area contributed by atoms with E-state index in [0.717, 1.165) is 6.26 Å². The standard InChI is InChI=1S/C8H13NO5S/c1-3-4-6(8(11)12)9-7(10)5-15(2,13)14/h3,6H,1,4-5H2,2H3,(H,9,10)(H,11,12). The van der Waals surface area contributed by atoms with Crippen molar-refractivity contribution in [1.29, 1.82) is 0 Å². The molecule has 0 aliphatic heterocycles. The molecule has 0 spiro atoms. The van der Waals surface area contributed by atoms with Crippen LogP contribution in [0.25, 0.3) is 0 Å². The Kier molecular flexibility index (Phi) is 4.99. The van der Waals surface area contributed by atoms with Gasteiger partial charge in [-0.2, -0.15) is 0 Å². The van der Waals surface area contributed by atoms with Crippen LogP contribution in [0.1, 0.15) is 6.42 Å². The molecule has 0 fully saturated rings. The van der Waals surface area contributed by atoms with Gasteiger partial charge in [-0.1, -0.05) is 6.08 Å². The fourth-order valence-electron chi connectivity index (χ4n) is 0.862. The Morgan fingerprint density at radius 2 is 2.07 bits per heavy atom. The number of hydrogen-bond acceptors (Lipinski definition) is 4. The third kappa shape index (κ3) is 6.67. The highest BCUT2D eigenvalue weighted by Crippen LogP contribution is 1.94. The minimum Gasteiger partial charge on any atom is -0.480 e. The van der Waals surface area contributed by atoms with Gasteiger partial charge in [0, 0.05) is 6.26 Å². The maximum atomic E-state index is 11.1. The van der Waals surface area contributed by atoms with E-state index < -0.39 is 33.5 Å². The Morgan fingerprint density at radius 3 is 2.40 bits per heavy atom. The Morgan fingerprint density at radius 1 is 1.53 bits per heavy atom. The minimum absolute atomic E-state index is 0.0465. The number of sulfone groups is 1. The number of amides is 1. The number of rotatable bonds is 6. The van der Waals surface area contributed by atoms with Crippen LogP contribution in [0.2, 0.25) is 0 Å². The van der Waals surface area contributed by atoms with E-state index in [1.807, 2.05) is 0 Å². The first kappa shape index (κ1) is 13.6. The van der Waals surface area contributed by atoms with Crippen molar-refractivity contribution in [2.45, 2.75) is 12.5 Å². The first-order valence-electron chi connectivity index (χ1n) is 4.07. The smallest absolute Gasteiger partial charge is 0.326 e. The zero-order valence-electron chi connectivity index (χ0n) is 8.26. The summed E-state index contributed by atoms with van der Waals surface area (Å²) in [4.78, 5) is 21.6. The van der Waals surface area contributed by atoms with Gasteiger partial charge in [-0.05, 0) is 6.42 Å². The summed E-state index contributed by atoms with van der Waals surface area (Å²) in [5.41, 5.74) is 0. The summed E-state index contributed by atoms with van der Waals surface area (Å²) in [6, 6.07) is -1.13. The molecule has 1 atom stereocenters. The van der Waals surface area contributed by atoms with Gasteiger partial charge < -0.3 is 10.4 Å². The zero-order chi connectivity index (χ0) is 12.1. The topological polar surface area (TPSA) is 101 Å². The average Bonchev–Trinajstić information content (AvgIpc) is 1.99. The molecule has 6 nitrogen and oxygen atoms in total. The molecule has 0 radical (unpaired) electrons. The lowest BCUT2D eigenvalue weighted by Gasteiger charge is -2.11. The predicted octanol–water partition coefficient (Wildman–Crippen LogP) is -0.823. The number of carbonyl (C=O) groups is 2. The predicted molar refractivity (Wildman–Crippen MR) is 54.1 cm³/mol. The van der Waals surface area contributed by atoms with Crippen LogP contribution < -0.4 is 5.32 Å². The molecule has 1 amide bonds. The number of hydrogen-bond donors (Lipinski definition) is 2. The van der Waals surface area contributed by atoms with E-state index >= 15 is 0 Å². The highest BCUT2D eigenvalue weighted by molar-refractivity contribution is 7.91. The van der Waals surface area contributed by atoms with Crippen LogP contribution in [0.5, 0.6) is 0 Å². The van der Waals surface area contributed by atoms with Gasteiger partial charge in [-0.15, -0.1) is 6.58 Å². The van der Waals surface area contributed by atoms with E-state index in [-0.39, 0.29) is 6.42 Å². The van der Waals surface area contributed by atoms with Crippen molar-refractivity contribution in [3.05, 3.63) is 12.7 Å². The van der Waals surface area contributed by atoms with Crippen molar-refractivity contribution < 1.29 is 23.1 Å². The first-order valence-corrected chi connectivity index (χ1v) is 6.13. The van der Waals surface area contributed by atoms with Gasteiger partial charge in [-0.3, -0.25) is 4.79 Å². The Balaban J connectivity index is 4.36. The third-order valence-electron chi connectivity index (χ3n) is 1.43. The summed E-state index contributed by atoms with van der Waals surface area (Å²) in [7, 11) is -3.44. The van der Waals surface area contributed by atoms with E-state index in [1.54, 1.807) is 0 Å². The molecule has 0 heterocycles. The van der Waals surface area contributed by atoms with Crippen LogP contribution >= 0.6 is 0 Å². The van der Waals surface area contributed by atoms with Crippen LogP contribution in [-0.4, -0.2) is 43.5 Å². The Hall–Kier alpha value is -1.37. The van der Waals surface area contributed by atoms with Crippen molar-refractivity contribution >= 4 is 21.7 Å². The molecular weight excluding hydrogens is 222 g/mol. The highest BCUT2D eigenvalue weighted by atomic mass is 32.2. The second kappa shape index (κ2) is 5.50. The summed E-state index contributed by atoms with van der Waals surface area (Å²) in [6.45, 7) is 3.33. The van der Waals surface area contributed by atoms with Crippen LogP contribution in [0.3, 0.4) is 0 Å². The lowest BCUT2D eigenvalue weighted by atomic mass is 10.2. The number of nitrogens with one attached hydrogen (secondary N) is 1. The summed E-state index contributed by atoms with van der Waals surface area (Å²) >= 11 is 0. The molecule has 0 aromatic rings. The molecule has 86 valence electrons. The van der Waals surface area contributed by atoms with Gasteiger partial charge in [0.05, 0.1) is 0 Å². The molecule has 0 aliphatic rings. The van der Waals surface area contributed by atoms with Crippen molar-refractivity contribution in [1.82, 2.24) is 5.32 Å². The van der Waals surface area contributed by atoms with E-state index in [2.05, 4.69) is 11.9 Å². The van der Waals surface area contributed by atoms with Crippen LogP contribution in [0.4, 0.5) is 0 Å². The number of carbonyl (C=O) groups excluding carboxylic acids is 1. The lowest BCUT2D eigenvalue weighted by molar-refractivity contribution is -0.141. The van der Waals surface area contributed by atoms with Crippen molar-refractivity contribution in [3.63, 3.8) is 0 Å². The molecule has 0 bridgehead atoms. The van der Waals surface area contributed by atoms with Crippen molar-refractivity contribution in [3.8, 4) is 0 Å². The number of aliphatic carboxylic acids is 1. The molecule has 0 rings (SSSR count). The molecule has 0 saturated heterocycles. The summed E-state index contributed by atoms with van der Waals surface area (Å²) in [6.07, 6.45) is 2.28. The second-order valence-corrected chi connectivity index (χ2v) is 5.19. The molecule has 2 N–H and O–H groups in total. The van der Waals surface area contributed by atoms with Crippen LogP contribution in [0, 0.1) is 0 Å². The largest absolute Gasteiger partial charge is 0.480 e. The lowest BCUT2D eigenvalue weighted by Crippen LogP contribution is -2.42. The fourth-order valence-corrected chi connectivity index (χ4v) is 1.42. The maximum Gasteiger partial charge on any atom is 0.326 e. The minimum atomic E-state index is -3.44. The van der Waals surface area contributed by atoms with Gasteiger partial charge in [0.2, 0.25) is 5.91 Å². The van der Waals surface area contributed by atoms with Crippen molar-refractivity contribution in [2.75, 3.05) is 12.0 Å². The van der Waals surface area contributed by atoms with Crippen LogP contribution in [-0.2, 0) is 19.4 Å².